The molecule has 162 valence electrons. The van der Waals surface area contributed by atoms with Crippen molar-refractivity contribution in [3.05, 3.63) is 60.1 Å². The first-order valence-electron chi connectivity index (χ1n) is 10.0. The third-order valence-corrected chi connectivity index (χ3v) is 4.43. The summed E-state index contributed by atoms with van der Waals surface area (Å²) < 4.78 is 10.5. The standard InChI is InChI=1S/C22H34N4O2.HI/c1-26(16-7-18-27-2)17-15-25-22(24-14-12-21-10-6-19-28-21)23-13-11-20-8-4-3-5-9-20;/h3-6,8-10,19H,7,11-18H2,1-2H3,(H2,23,24,25);1H. The minimum atomic E-state index is 0. The lowest BCUT2D eigenvalue weighted by Crippen LogP contribution is -2.40. The fourth-order valence-corrected chi connectivity index (χ4v) is 2.83. The largest absolute Gasteiger partial charge is 0.469 e. The van der Waals surface area contributed by atoms with E-state index in [9.17, 15) is 0 Å². The van der Waals surface area contributed by atoms with Crippen LogP contribution in [-0.4, -0.2) is 64.3 Å². The summed E-state index contributed by atoms with van der Waals surface area (Å²) in [6.45, 7) is 5.13. The van der Waals surface area contributed by atoms with Gasteiger partial charge in [-0.2, -0.15) is 0 Å². The maximum atomic E-state index is 5.40. The van der Waals surface area contributed by atoms with E-state index in [0.717, 1.165) is 70.3 Å². The van der Waals surface area contributed by atoms with Crippen molar-refractivity contribution >= 4 is 29.9 Å². The number of nitrogens with zero attached hydrogens (tertiary/aromatic N) is 2. The van der Waals surface area contributed by atoms with Crippen LogP contribution in [0.3, 0.4) is 0 Å². The lowest BCUT2D eigenvalue weighted by atomic mass is 10.1. The van der Waals surface area contributed by atoms with Gasteiger partial charge in [-0.25, -0.2) is 0 Å². The quantitative estimate of drug-likeness (QED) is 0.186. The van der Waals surface area contributed by atoms with Gasteiger partial charge in [-0.3, -0.25) is 4.99 Å². The van der Waals surface area contributed by atoms with Crippen LogP contribution in [0.5, 0.6) is 0 Å². The van der Waals surface area contributed by atoms with Crippen LogP contribution in [0.15, 0.2) is 58.1 Å². The van der Waals surface area contributed by atoms with Crippen LogP contribution in [-0.2, 0) is 17.6 Å². The van der Waals surface area contributed by atoms with Crippen molar-refractivity contribution in [1.29, 1.82) is 0 Å². The molecule has 1 aromatic carbocycles. The molecule has 2 rings (SSSR count). The second-order valence-corrected chi connectivity index (χ2v) is 6.80. The summed E-state index contributed by atoms with van der Waals surface area (Å²) in [7, 11) is 3.87. The Kier molecular flexibility index (Phi) is 14.3. The van der Waals surface area contributed by atoms with Crippen LogP contribution in [0.25, 0.3) is 0 Å². The first kappa shape index (κ1) is 25.5. The molecule has 2 N–H and O–H groups in total. The Morgan fingerprint density at radius 2 is 1.79 bits per heavy atom. The van der Waals surface area contributed by atoms with Gasteiger partial charge < -0.3 is 24.7 Å². The first-order chi connectivity index (χ1) is 13.8. The van der Waals surface area contributed by atoms with Crippen molar-refractivity contribution in [2.45, 2.75) is 19.3 Å². The van der Waals surface area contributed by atoms with Gasteiger partial charge in [0.05, 0.1) is 12.8 Å². The maximum absolute atomic E-state index is 5.40. The van der Waals surface area contributed by atoms with Gasteiger partial charge in [-0.05, 0) is 37.6 Å². The average molecular weight is 514 g/mol. The van der Waals surface area contributed by atoms with Gasteiger partial charge in [0.15, 0.2) is 5.96 Å². The highest BCUT2D eigenvalue weighted by atomic mass is 127. The second kappa shape index (κ2) is 16.2. The molecule has 0 spiro atoms. The zero-order valence-corrected chi connectivity index (χ0v) is 19.9. The number of furan rings is 1. The van der Waals surface area contributed by atoms with Gasteiger partial charge in [-0.1, -0.05) is 30.3 Å². The van der Waals surface area contributed by atoms with E-state index in [1.54, 1.807) is 13.4 Å². The first-order valence-corrected chi connectivity index (χ1v) is 10.0. The Morgan fingerprint density at radius 1 is 1.03 bits per heavy atom. The molecule has 1 aromatic heterocycles. The smallest absolute Gasteiger partial charge is 0.191 e. The predicted octanol–water partition coefficient (Wildman–Crippen LogP) is 3.19. The van der Waals surface area contributed by atoms with Crippen LogP contribution in [0.1, 0.15) is 17.7 Å². The average Bonchev–Trinajstić information content (AvgIpc) is 3.22. The summed E-state index contributed by atoms with van der Waals surface area (Å²) in [6, 6.07) is 14.4. The highest BCUT2D eigenvalue weighted by Crippen LogP contribution is 2.00. The molecule has 0 atom stereocenters. The number of hydrogen-bond acceptors (Lipinski definition) is 4. The Labute approximate surface area is 192 Å². The molecular formula is C22H35IN4O2. The summed E-state index contributed by atoms with van der Waals surface area (Å²) in [6.07, 6.45) is 4.56. The fraction of sp³-hybridized carbons (Fsp3) is 0.500. The molecule has 0 radical (unpaired) electrons. The van der Waals surface area contributed by atoms with E-state index in [4.69, 9.17) is 14.1 Å². The second-order valence-electron chi connectivity index (χ2n) is 6.80. The van der Waals surface area contributed by atoms with Crippen LogP contribution in [0, 0.1) is 0 Å². The Hall–Kier alpha value is -1.58. The number of rotatable bonds is 13. The number of ether oxygens (including phenoxy) is 1. The van der Waals surface area contributed by atoms with Gasteiger partial charge in [-0.15, -0.1) is 24.0 Å². The number of benzene rings is 1. The summed E-state index contributed by atoms with van der Waals surface area (Å²) in [5.74, 6) is 1.83. The van der Waals surface area contributed by atoms with Gasteiger partial charge in [0.2, 0.25) is 0 Å². The number of likely N-dealkylation sites (N-methyl/N-ethyl adjacent to an activating group) is 1. The van der Waals surface area contributed by atoms with E-state index in [1.807, 2.05) is 18.2 Å². The van der Waals surface area contributed by atoms with Crippen LogP contribution in [0.2, 0.25) is 0 Å². The molecule has 1 heterocycles. The molecule has 0 unspecified atom stereocenters. The normalized spacial score (nSPS) is 11.3. The van der Waals surface area contributed by atoms with Crippen molar-refractivity contribution in [2.24, 2.45) is 4.99 Å². The Bertz CT molecular complexity index is 650. The predicted molar refractivity (Wildman–Crippen MR) is 130 cm³/mol. The third kappa shape index (κ3) is 11.9. The number of halogens is 1. The molecule has 0 aliphatic rings. The lowest BCUT2D eigenvalue weighted by molar-refractivity contribution is 0.180. The summed E-state index contributed by atoms with van der Waals surface area (Å²) >= 11 is 0. The van der Waals surface area contributed by atoms with Crippen molar-refractivity contribution in [3.8, 4) is 0 Å². The zero-order valence-electron chi connectivity index (χ0n) is 17.6. The molecule has 0 bridgehead atoms. The van der Waals surface area contributed by atoms with Crippen molar-refractivity contribution in [1.82, 2.24) is 15.5 Å². The molecule has 0 fully saturated rings. The van der Waals surface area contributed by atoms with Gasteiger partial charge in [0, 0.05) is 46.3 Å². The Morgan fingerprint density at radius 3 is 2.48 bits per heavy atom. The van der Waals surface area contributed by atoms with E-state index in [-0.39, 0.29) is 24.0 Å². The number of aliphatic imine (C=N–C) groups is 1. The molecule has 6 nitrogen and oxygen atoms in total. The van der Waals surface area contributed by atoms with Crippen LogP contribution >= 0.6 is 24.0 Å². The topological polar surface area (TPSA) is 62.0 Å². The number of methoxy groups -OCH3 is 1. The van der Waals surface area contributed by atoms with Gasteiger partial charge in [0.25, 0.3) is 0 Å². The van der Waals surface area contributed by atoms with Crippen molar-refractivity contribution < 1.29 is 9.15 Å². The SMILES string of the molecule is COCCCN(C)CCN=C(NCCc1ccccc1)NCCc1ccco1.I. The summed E-state index contributed by atoms with van der Waals surface area (Å²) in [5.41, 5.74) is 1.32. The highest BCUT2D eigenvalue weighted by molar-refractivity contribution is 14.0. The maximum Gasteiger partial charge on any atom is 0.191 e. The molecule has 29 heavy (non-hydrogen) atoms. The molecule has 2 aromatic rings. The number of guanidine groups is 1. The van der Waals surface area contributed by atoms with Gasteiger partial charge >= 0.3 is 0 Å². The third-order valence-electron chi connectivity index (χ3n) is 4.43. The molecule has 0 aliphatic carbocycles. The van der Waals surface area contributed by atoms with Crippen molar-refractivity contribution in [3.63, 3.8) is 0 Å². The lowest BCUT2D eigenvalue weighted by Gasteiger charge is -2.16. The molecule has 0 aliphatic heterocycles. The molecule has 0 saturated carbocycles. The van der Waals surface area contributed by atoms with E-state index >= 15 is 0 Å². The molecule has 7 heteroatoms. The summed E-state index contributed by atoms with van der Waals surface area (Å²) in [4.78, 5) is 7.02. The highest BCUT2D eigenvalue weighted by Gasteiger charge is 2.02. The van der Waals surface area contributed by atoms with Crippen LogP contribution in [0.4, 0.5) is 0 Å². The monoisotopic (exact) mass is 514 g/mol. The number of hydrogen-bond donors (Lipinski definition) is 2. The number of nitrogens with one attached hydrogen (secondary N) is 2. The Balaban J connectivity index is 0.00000420. The van der Waals surface area contributed by atoms with Crippen LogP contribution < -0.4 is 10.6 Å². The fourth-order valence-electron chi connectivity index (χ4n) is 2.83. The van der Waals surface area contributed by atoms with E-state index in [2.05, 4.69) is 46.8 Å². The van der Waals surface area contributed by atoms with E-state index in [0.29, 0.717) is 0 Å². The molecule has 0 saturated heterocycles. The van der Waals surface area contributed by atoms with Gasteiger partial charge in [0.1, 0.15) is 5.76 Å². The minimum absolute atomic E-state index is 0. The molecular weight excluding hydrogens is 479 g/mol. The zero-order chi connectivity index (χ0) is 19.9. The molecule has 0 amide bonds. The summed E-state index contributed by atoms with van der Waals surface area (Å²) in [5, 5.41) is 6.85. The van der Waals surface area contributed by atoms with E-state index < -0.39 is 0 Å². The van der Waals surface area contributed by atoms with Crippen molar-refractivity contribution in [2.75, 3.05) is 53.5 Å². The minimum Gasteiger partial charge on any atom is -0.469 e. The van der Waals surface area contributed by atoms with E-state index in [1.165, 1.54) is 5.56 Å².